The van der Waals surface area contributed by atoms with Crippen LogP contribution in [0.5, 0.6) is 0 Å². The van der Waals surface area contributed by atoms with Crippen molar-refractivity contribution in [2.45, 2.75) is 42.9 Å². The van der Waals surface area contributed by atoms with Crippen molar-refractivity contribution in [1.82, 2.24) is 0 Å². The Hall–Kier alpha value is -9.08. The summed E-state index contributed by atoms with van der Waals surface area (Å²) in [6, 6.07) is 98.9. The molecule has 12 aromatic rings. The van der Waals surface area contributed by atoms with Crippen LogP contribution in [0.15, 0.2) is 279 Å². The van der Waals surface area contributed by atoms with Gasteiger partial charge >= 0.3 is 0 Å². The van der Waals surface area contributed by atoms with Gasteiger partial charge in [-0.2, -0.15) is 0 Å². The van der Waals surface area contributed by atoms with Gasteiger partial charge in [-0.1, -0.05) is 238 Å². The quantitative estimate of drug-likeness (QED) is 0.154. The number of hydrogen-bond donors (Lipinski definition) is 0. The Morgan fingerprint density at radius 2 is 0.886 bits per heavy atom. The summed E-state index contributed by atoms with van der Waals surface area (Å²) in [5.41, 5.74) is 25.9. The second kappa shape index (κ2) is 17.5. The fourth-order valence-electron chi connectivity index (χ4n) is 14.9. The van der Waals surface area contributed by atoms with Crippen molar-refractivity contribution in [3.63, 3.8) is 0 Å². The van der Waals surface area contributed by atoms with E-state index < -0.39 is 10.8 Å². The molecule has 0 unspecified atom stereocenters. The monoisotopic (exact) mass is 1030 g/mol. The highest BCUT2D eigenvalue weighted by Crippen LogP contribution is 2.65. The third-order valence-electron chi connectivity index (χ3n) is 18.3. The molecule has 0 atom stereocenters. The summed E-state index contributed by atoms with van der Waals surface area (Å²) in [7, 11) is 0. The highest BCUT2D eigenvalue weighted by molar-refractivity contribution is 7.26. The number of benzene rings is 11. The first-order valence-corrected chi connectivity index (χ1v) is 28.8. The lowest BCUT2D eigenvalue weighted by Gasteiger charge is -2.50. The third kappa shape index (κ3) is 6.50. The lowest BCUT2D eigenvalue weighted by atomic mass is 9.51. The molecule has 0 amide bonds. The van der Waals surface area contributed by atoms with Crippen LogP contribution in [0.3, 0.4) is 0 Å². The SMILES string of the molecule is CC1(C)C2=C(CCC=C2)c2ccc(N(c3ccc(-c4ccc5c(c4)C4(c6ccccc6-5)c5ccccc5C(c5ccccc5)(c5ccccc5)c5ccccc54)cc3)c3ccc(-c4cccc5c4sc4ccccc45)cc3)cc21. The van der Waals surface area contributed by atoms with Gasteiger partial charge in [-0.05, 0) is 162 Å². The third-order valence-corrected chi connectivity index (χ3v) is 19.6. The lowest BCUT2D eigenvalue weighted by molar-refractivity contribution is 0.624. The normalized spacial score (nSPS) is 15.6. The second-order valence-corrected chi connectivity index (χ2v) is 23.6. The Morgan fingerprint density at radius 1 is 0.367 bits per heavy atom. The first-order chi connectivity index (χ1) is 38.9. The predicted octanol–water partition coefficient (Wildman–Crippen LogP) is 20.3. The highest BCUT2D eigenvalue weighted by atomic mass is 32.1. The number of rotatable bonds is 7. The standard InChI is InChI=1S/C77H55NS/c1-75(2)65-29-12-9-24-59(65)61-47-45-57(49-71(61)75)78(56-43-38-51(39-44-56)58-27-19-28-64-63-26-11-18-35-73(63)79-74(58)64)55-41-36-50(37-42-55)52-40-46-62-60-25-10-13-30-66(60)77(72(62)48-52)69-33-16-14-31-67(69)76(53-20-5-3-6-21-53,54-22-7-4-8-23-54)68-32-15-17-34-70(68)77/h3-8,10-23,25-49H,9,24H2,1-2H3. The van der Waals surface area contributed by atoms with E-state index in [2.05, 4.69) is 292 Å². The molecule has 0 N–H and O–H groups in total. The van der Waals surface area contributed by atoms with E-state index in [9.17, 15) is 0 Å². The van der Waals surface area contributed by atoms with Gasteiger partial charge in [0.15, 0.2) is 0 Å². The average molecular weight is 1030 g/mol. The van der Waals surface area contributed by atoms with Gasteiger partial charge in [-0.25, -0.2) is 0 Å². The molecule has 1 spiro atoms. The number of thiophene rings is 1. The molecule has 1 heterocycles. The van der Waals surface area contributed by atoms with Crippen LogP contribution in [-0.4, -0.2) is 0 Å². The molecular weight excluding hydrogens is 971 g/mol. The van der Waals surface area contributed by atoms with Crippen molar-refractivity contribution >= 4 is 54.1 Å². The molecule has 0 fully saturated rings. The Morgan fingerprint density at radius 3 is 1.57 bits per heavy atom. The molecule has 374 valence electrons. The molecule has 4 aliphatic rings. The Bertz CT molecular complexity index is 4410. The van der Waals surface area contributed by atoms with Crippen molar-refractivity contribution in [3.8, 4) is 33.4 Å². The van der Waals surface area contributed by atoms with E-state index in [4.69, 9.17) is 0 Å². The number of nitrogens with zero attached hydrogens (tertiary/aromatic N) is 1. The molecule has 0 saturated carbocycles. The molecule has 0 bridgehead atoms. The summed E-state index contributed by atoms with van der Waals surface area (Å²) < 4.78 is 2.66. The van der Waals surface area contributed by atoms with E-state index in [0.29, 0.717) is 0 Å². The van der Waals surface area contributed by atoms with E-state index in [-0.39, 0.29) is 5.41 Å². The predicted molar refractivity (Wildman–Crippen MR) is 332 cm³/mol. The number of hydrogen-bond acceptors (Lipinski definition) is 2. The van der Waals surface area contributed by atoms with Crippen LogP contribution in [0.25, 0.3) is 59.1 Å². The van der Waals surface area contributed by atoms with E-state index >= 15 is 0 Å². The van der Waals surface area contributed by atoms with Crippen LogP contribution in [0.1, 0.15) is 82.3 Å². The van der Waals surface area contributed by atoms with Crippen LogP contribution in [0.2, 0.25) is 0 Å². The van der Waals surface area contributed by atoms with Gasteiger partial charge in [0.05, 0.1) is 10.8 Å². The maximum Gasteiger partial charge on any atom is 0.0720 e. The van der Waals surface area contributed by atoms with Gasteiger partial charge in [0.2, 0.25) is 0 Å². The average Bonchev–Trinajstić information content (AvgIpc) is 3.10. The van der Waals surface area contributed by atoms with E-state index in [1.54, 1.807) is 0 Å². The maximum atomic E-state index is 2.52. The molecule has 79 heavy (non-hydrogen) atoms. The van der Waals surface area contributed by atoms with Gasteiger partial charge in [0, 0.05) is 42.6 Å². The molecule has 0 aliphatic heterocycles. The maximum absolute atomic E-state index is 2.52. The van der Waals surface area contributed by atoms with Crippen molar-refractivity contribution < 1.29 is 0 Å². The molecular formula is C77H55NS. The van der Waals surface area contributed by atoms with Gasteiger partial charge in [0.1, 0.15) is 0 Å². The van der Waals surface area contributed by atoms with Crippen molar-refractivity contribution in [3.05, 3.63) is 334 Å². The summed E-state index contributed by atoms with van der Waals surface area (Å²) >= 11 is 1.89. The largest absolute Gasteiger partial charge is 0.310 e. The molecule has 0 radical (unpaired) electrons. The Balaban J connectivity index is 0.844. The molecule has 16 rings (SSSR count). The van der Waals surface area contributed by atoms with E-state index in [1.807, 2.05) is 11.3 Å². The molecule has 2 heteroatoms. The molecule has 1 nitrogen and oxygen atoms in total. The lowest BCUT2D eigenvalue weighted by Crippen LogP contribution is -2.44. The highest BCUT2D eigenvalue weighted by Gasteiger charge is 2.56. The minimum Gasteiger partial charge on any atom is -0.310 e. The van der Waals surface area contributed by atoms with E-state index in [0.717, 1.165) is 29.9 Å². The van der Waals surface area contributed by atoms with Crippen LogP contribution < -0.4 is 4.90 Å². The first kappa shape index (κ1) is 46.1. The van der Waals surface area contributed by atoms with Crippen LogP contribution in [0, 0.1) is 0 Å². The van der Waals surface area contributed by atoms with Crippen LogP contribution in [0.4, 0.5) is 17.1 Å². The number of fused-ring (bicyclic) bond motifs is 14. The van der Waals surface area contributed by atoms with Gasteiger partial charge in [0.25, 0.3) is 0 Å². The minimum atomic E-state index is -0.571. The smallest absolute Gasteiger partial charge is 0.0720 e. The fourth-order valence-corrected chi connectivity index (χ4v) is 16.1. The summed E-state index contributed by atoms with van der Waals surface area (Å²) in [5.74, 6) is 0. The van der Waals surface area contributed by atoms with Gasteiger partial charge < -0.3 is 4.90 Å². The topological polar surface area (TPSA) is 3.24 Å². The zero-order valence-electron chi connectivity index (χ0n) is 44.3. The van der Waals surface area contributed by atoms with Crippen molar-refractivity contribution in [2.75, 3.05) is 4.90 Å². The summed E-state index contributed by atoms with van der Waals surface area (Å²) in [6.07, 6.45) is 6.94. The second-order valence-electron chi connectivity index (χ2n) is 22.5. The van der Waals surface area contributed by atoms with Crippen LogP contribution >= 0.6 is 11.3 Å². The summed E-state index contributed by atoms with van der Waals surface area (Å²) in [6.45, 7) is 4.81. The Labute approximate surface area is 466 Å². The first-order valence-electron chi connectivity index (χ1n) is 28.0. The Kier molecular flexibility index (Phi) is 10.2. The number of anilines is 3. The van der Waals surface area contributed by atoms with Crippen LogP contribution in [-0.2, 0) is 16.2 Å². The van der Waals surface area contributed by atoms with Crippen molar-refractivity contribution in [1.29, 1.82) is 0 Å². The number of allylic oxidation sites excluding steroid dienone is 4. The molecule has 4 aliphatic carbocycles. The van der Waals surface area contributed by atoms with E-state index in [1.165, 1.54) is 120 Å². The zero-order valence-corrected chi connectivity index (χ0v) is 45.1. The molecule has 0 saturated heterocycles. The van der Waals surface area contributed by atoms with Gasteiger partial charge in [-0.3, -0.25) is 0 Å². The summed E-state index contributed by atoms with van der Waals surface area (Å²) in [5, 5.41) is 2.64. The molecule has 11 aromatic carbocycles. The zero-order chi connectivity index (χ0) is 52.5. The van der Waals surface area contributed by atoms with Gasteiger partial charge in [-0.15, -0.1) is 11.3 Å². The fraction of sp³-hybridized carbons (Fsp3) is 0.0909. The van der Waals surface area contributed by atoms with Crippen molar-refractivity contribution in [2.24, 2.45) is 0 Å². The summed E-state index contributed by atoms with van der Waals surface area (Å²) in [4.78, 5) is 2.47. The minimum absolute atomic E-state index is 0.0888. The molecule has 1 aromatic heterocycles.